The van der Waals surface area contributed by atoms with E-state index in [1.807, 2.05) is 42.0 Å². The molecule has 0 aliphatic rings. The Bertz CT molecular complexity index is 513. The number of amidine groups is 1. The van der Waals surface area contributed by atoms with Crippen LogP contribution >= 0.6 is 11.3 Å². The molecule has 2 aromatic rings. The number of aromatic nitrogens is 1. The normalized spacial score (nSPS) is 11.5. The van der Waals surface area contributed by atoms with Crippen LogP contribution in [0.25, 0.3) is 0 Å². The second kappa shape index (κ2) is 6.75. The molecule has 6 heteroatoms. The number of thiazole rings is 1. The molecule has 0 unspecified atom stereocenters. The Morgan fingerprint density at radius 2 is 2.16 bits per heavy atom. The van der Waals surface area contributed by atoms with Gasteiger partial charge in [0.15, 0.2) is 0 Å². The van der Waals surface area contributed by atoms with E-state index in [0.29, 0.717) is 13.0 Å². The van der Waals surface area contributed by atoms with Crippen molar-refractivity contribution in [2.24, 2.45) is 10.9 Å². The zero-order chi connectivity index (χ0) is 13.5. The van der Waals surface area contributed by atoms with Crippen LogP contribution in [-0.2, 0) is 6.54 Å². The number of hydrogen-bond donors (Lipinski definition) is 2. The van der Waals surface area contributed by atoms with Crippen LogP contribution in [0.15, 0.2) is 47.2 Å². The van der Waals surface area contributed by atoms with Gasteiger partial charge in [-0.1, -0.05) is 23.4 Å². The maximum Gasteiger partial charge on any atom is 0.140 e. The fourth-order valence-corrected chi connectivity index (χ4v) is 2.36. The first-order valence-electron chi connectivity index (χ1n) is 5.93. The molecule has 1 aromatic heterocycles. The summed E-state index contributed by atoms with van der Waals surface area (Å²) in [6.07, 6.45) is 2.38. The smallest absolute Gasteiger partial charge is 0.140 e. The third-order valence-electron chi connectivity index (χ3n) is 2.72. The maximum atomic E-state index is 8.61. The summed E-state index contributed by atoms with van der Waals surface area (Å²) in [6.45, 7) is 1.46. The van der Waals surface area contributed by atoms with Crippen molar-refractivity contribution in [1.82, 2.24) is 4.98 Å². The highest BCUT2D eigenvalue weighted by molar-refractivity contribution is 7.09. The molecule has 0 saturated carbocycles. The van der Waals surface area contributed by atoms with Crippen LogP contribution in [0.1, 0.15) is 11.3 Å². The molecule has 1 heterocycles. The van der Waals surface area contributed by atoms with E-state index >= 15 is 0 Å². The number of benzene rings is 1. The average molecular weight is 276 g/mol. The van der Waals surface area contributed by atoms with Gasteiger partial charge in [0.05, 0.1) is 12.1 Å². The van der Waals surface area contributed by atoms with Crippen LogP contribution in [0, 0.1) is 0 Å². The number of hydrogen-bond acceptors (Lipinski definition) is 5. The minimum Gasteiger partial charge on any atom is -0.409 e. The molecule has 0 aliphatic heterocycles. The van der Waals surface area contributed by atoms with Crippen molar-refractivity contribution >= 4 is 22.9 Å². The van der Waals surface area contributed by atoms with Gasteiger partial charge in [-0.3, -0.25) is 4.98 Å². The Morgan fingerprint density at radius 1 is 1.37 bits per heavy atom. The van der Waals surface area contributed by atoms with Crippen LogP contribution in [0.5, 0.6) is 0 Å². The van der Waals surface area contributed by atoms with Gasteiger partial charge in [-0.15, -0.1) is 11.3 Å². The molecule has 100 valence electrons. The highest BCUT2D eigenvalue weighted by Gasteiger charge is 2.09. The molecular weight excluding hydrogens is 260 g/mol. The van der Waals surface area contributed by atoms with E-state index in [2.05, 4.69) is 15.0 Å². The molecule has 0 saturated heterocycles. The predicted octanol–water partition coefficient (Wildman–Crippen LogP) is 2.29. The number of nitrogens with zero attached hydrogens (tertiary/aromatic N) is 3. The van der Waals surface area contributed by atoms with Crippen LogP contribution in [0.3, 0.4) is 0 Å². The summed E-state index contributed by atoms with van der Waals surface area (Å²) in [5, 5.41) is 11.6. The van der Waals surface area contributed by atoms with E-state index in [0.717, 1.165) is 12.2 Å². The van der Waals surface area contributed by atoms with Crippen molar-refractivity contribution in [3.63, 3.8) is 0 Å². The number of anilines is 1. The van der Waals surface area contributed by atoms with Gasteiger partial charge in [-0.05, 0) is 12.1 Å². The van der Waals surface area contributed by atoms with Gasteiger partial charge in [0, 0.05) is 29.7 Å². The van der Waals surface area contributed by atoms with Gasteiger partial charge >= 0.3 is 0 Å². The Labute approximate surface area is 116 Å². The maximum absolute atomic E-state index is 8.61. The van der Waals surface area contributed by atoms with Gasteiger partial charge in [0.25, 0.3) is 0 Å². The van der Waals surface area contributed by atoms with E-state index in [9.17, 15) is 0 Å². The van der Waals surface area contributed by atoms with Crippen molar-refractivity contribution in [2.45, 2.75) is 13.0 Å². The van der Waals surface area contributed by atoms with Gasteiger partial charge in [-0.25, -0.2) is 0 Å². The molecule has 0 aliphatic carbocycles. The third kappa shape index (κ3) is 3.96. The zero-order valence-corrected chi connectivity index (χ0v) is 11.3. The minimum absolute atomic E-state index is 0.241. The topological polar surface area (TPSA) is 74.7 Å². The zero-order valence-electron chi connectivity index (χ0n) is 10.4. The van der Waals surface area contributed by atoms with Crippen LogP contribution in [0.2, 0.25) is 0 Å². The number of para-hydroxylation sites is 1. The lowest BCUT2D eigenvalue weighted by atomic mass is 10.2. The molecule has 5 nitrogen and oxygen atoms in total. The van der Waals surface area contributed by atoms with Crippen molar-refractivity contribution in [3.05, 3.63) is 46.9 Å². The quantitative estimate of drug-likeness (QED) is 0.367. The SMILES string of the molecule is N/C(CCN(Cc1cncs1)c1ccccc1)=N/O. The average Bonchev–Trinajstić information content (AvgIpc) is 2.97. The Balaban J connectivity index is 2.09. The summed E-state index contributed by atoms with van der Waals surface area (Å²) in [7, 11) is 0. The molecule has 1 aromatic carbocycles. The summed E-state index contributed by atoms with van der Waals surface area (Å²) < 4.78 is 0. The standard InChI is InChI=1S/C13H16N4OS/c14-13(16-18)6-7-17(9-12-8-15-10-19-12)11-4-2-1-3-5-11/h1-5,8,10,18H,6-7,9H2,(H2,14,16). The number of nitrogens with two attached hydrogens (primary N) is 1. The van der Waals surface area contributed by atoms with E-state index in [4.69, 9.17) is 10.9 Å². The van der Waals surface area contributed by atoms with Gasteiger partial charge in [-0.2, -0.15) is 0 Å². The summed E-state index contributed by atoms with van der Waals surface area (Å²) in [6, 6.07) is 10.1. The van der Waals surface area contributed by atoms with Gasteiger partial charge < -0.3 is 15.8 Å². The lowest BCUT2D eigenvalue weighted by molar-refractivity contribution is 0.317. The molecule has 0 spiro atoms. The molecule has 0 atom stereocenters. The second-order valence-corrected chi connectivity index (χ2v) is 5.04. The third-order valence-corrected chi connectivity index (χ3v) is 3.48. The van der Waals surface area contributed by atoms with Gasteiger partial charge in [0.1, 0.15) is 5.84 Å². The summed E-state index contributed by atoms with van der Waals surface area (Å²) >= 11 is 1.62. The summed E-state index contributed by atoms with van der Waals surface area (Å²) in [4.78, 5) is 7.45. The number of oxime groups is 1. The van der Waals surface area contributed by atoms with Crippen LogP contribution < -0.4 is 10.6 Å². The Kier molecular flexibility index (Phi) is 4.74. The van der Waals surface area contributed by atoms with Crippen molar-refractivity contribution in [3.8, 4) is 0 Å². The van der Waals surface area contributed by atoms with E-state index in [1.54, 1.807) is 11.3 Å². The Hall–Kier alpha value is -2.08. The lowest BCUT2D eigenvalue weighted by Gasteiger charge is -2.23. The van der Waals surface area contributed by atoms with Crippen LogP contribution in [0.4, 0.5) is 5.69 Å². The minimum atomic E-state index is 0.241. The first-order valence-corrected chi connectivity index (χ1v) is 6.81. The molecule has 2 rings (SSSR count). The molecule has 0 radical (unpaired) electrons. The van der Waals surface area contributed by atoms with Crippen molar-refractivity contribution in [2.75, 3.05) is 11.4 Å². The Morgan fingerprint density at radius 3 is 2.79 bits per heavy atom. The van der Waals surface area contributed by atoms with Crippen molar-refractivity contribution in [1.29, 1.82) is 0 Å². The summed E-state index contributed by atoms with van der Waals surface area (Å²) in [5.74, 6) is 0.241. The monoisotopic (exact) mass is 276 g/mol. The molecule has 0 fully saturated rings. The first kappa shape index (κ1) is 13.4. The predicted molar refractivity (Wildman–Crippen MR) is 77.6 cm³/mol. The lowest BCUT2D eigenvalue weighted by Crippen LogP contribution is -2.27. The largest absolute Gasteiger partial charge is 0.409 e. The number of rotatable bonds is 6. The second-order valence-electron chi connectivity index (χ2n) is 4.07. The van der Waals surface area contributed by atoms with E-state index in [-0.39, 0.29) is 5.84 Å². The fourth-order valence-electron chi connectivity index (χ4n) is 1.75. The molecular formula is C13H16N4OS. The molecule has 19 heavy (non-hydrogen) atoms. The van der Waals surface area contributed by atoms with Crippen LogP contribution in [-0.4, -0.2) is 22.6 Å². The van der Waals surface area contributed by atoms with Gasteiger partial charge in [0.2, 0.25) is 0 Å². The molecule has 0 amide bonds. The first-order chi connectivity index (χ1) is 9.29. The van der Waals surface area contributed by atoms with E-state index < -0.39 is 0 Å². The fraction of sp³-hybridized carbons (Fsp3) is 0.231. The van der Waals surface area contributed by atoms with Crippen molar-refractivity contribution < 1.29 is 5.21 Å². The molecule has 0 bridgehead atoms. The highest BCUT2D eigenvalue weighted by Crippen LogP contribution is 2.18. The summed E-state index contributed by atoms with van der Waals surface area (Å²) in [5.41, 5.74) is 8.47. The highest BCUT2D eigenvalue weighted by atomic mass is 32.1. The molecule has 3 N–H and O–H groups in total. The van der Waals surface area contributed by atoms with E-state index in [1.165, 1.54) is 4.88 Å².